The number of benzene rings is 2. The molecule has 0 radical (unpaired) electrons. The molecule has 0 saturated heterocycles. The first-order chi connectivity index (χ1) is 15.0. The Kier molecular flexibility index (Phi) is 6.47. The van der Waals surface area contributed by atoms with Gasteiger partial charge in [-0.05, 0) is 32.0 Å². The van der Waals surface area contributed by atoms with Crippen molar-refractivity contribution in [2.24, 2.45) is 0 Å². The van der Waals surface area contributed by atoms with E-state index in [9.17, 15) is 23.3 Å². The summed E-state index contributed by atoms with van der Waals surface area (Å²) in [6.07, 6.45) is 1.46. The maximum atomic E-state index is 13.3. The summed E-state index contributed by atoms with van der Waals surface area (Å²) in [5.74, 6) is -0.991. The first kappa shape index (κ1) is 23.2. The lowest BCUT2D eigenvalue weighted by Gasteiger charge is -2.11. The number of nitro groups is 1. The van der Waals surface area contributed by atoms with E-state index in [1.54, 1.807) is 12.1 Å². The van der Waals surface area contributed by atoms with Crippen molar-refractivity contribution in [3.05, 3.63) is 92.6 Å². The van der Waals surface area contributed by atoms with Crippen molar-refractivity contribution in [1.29, 1.82) is 0 Å². The summed E-state index contributed by atoms with van der Waals surface area (Å²) in [6.45, 7) is 7.00. The predicted molar refractivity (Wildman–Crippen MR) is 118 cm³/mol. The Balaban J connectivity index is 2.11. The van der Waals surface area contributed by atoms with Gasteiger partial charge in [-0.1, -0.05) is 35.4 Å². The number of carbonyl (C=O) groups excluding carboxylic acids is 1. The highest BCUT2D eigenvalue weighted by atomic mass is 35.5. The molecule has 1 aromatic heterocycles. The Morgan fingerprint density at radius 2 is 1.91 bits per heavy atom. The summed E-state index contributed by atoms with van der Waals surface area (Å²) in [5, 5.41) is 15.0. The van der Waals surface area contributed by atoms with Gasteiger partial charge in [0.05, 0.1) is 22.2 Å². The second-order valence-electron chi connectivity index (χ2n) is 6.84. The molecule has 0 aliphatic rings. The van der Waals surface area contributed by atoms with Crippen LogP contribution in [-0.2, 0) is 16.7 Å². The first-order valence-electron chi connectivity index (χ1n) is 9.23. The van der Waals surface area contributed by atoms with Gasteiger partial charge in [0.25, 0.3) is 5.69 Å². The lowest BCUT2D eigenvalue weighted by atomic mass is 10.0. The smallest absolute Gasteiger partial charge is 0.340 e. The number of nitrogens with zero attached hydrogens (tertiary/aromatic N) is 3. The number of ketones is 1. The van der Waals surface area contributed by atoms with Crippen molar-refractivity contribution in [3.8, 4) is 5.88 Å². The Labute approximate surface area is 189 Å². The summed E-state index contributed by atoms with van der Waals surface area (Å²) in [6, 6.07) is 9.39. The molecule has 0 fully saturated rings. The molecule has 166 valence electrons. The van der Waals surface area contributed by atoms with Crippen LogP contribution in [0.15, 0.2) is 60.0 Å². The van der Waals surface area contributed by atoms with Crippen LogP contribution in [-0.4, -0.2) is 28.9 Å². The van der Waals surface area contributed by atoms with Crippen LogP contribution in [0.4, 0.5) is 5.69 Å². The number of non-ortho nitro benzene ring substituents is 1. The van der Waals surface area contributed by atoms with Gasteiger partial charge in [-0.25, -0.2) is 4.68 Å². The molecule has 0 bridgehead atoms. The second kappa shape index (κ2) is 8.93. The quantitative estimate of drug-likeness (QED) is 0.157. The number of hydrogen-bond acceptors (Lipinski definition) is 7. The highest BCUT2D eigenvalue weighted by Crippen LogP contribution is 2.32. The number of nitro benzene ring substituents is 1. The maximum absolute atomic E-state index is 13.3. The Hall–Kier alpha value is -3.50. The van der Waals surface area contributed by atoms with E-state index in [1.165, 1.54) is 35.9 Å². The zero-order chi connectivity index (χ0) is 23.6. The van der Waals surface area contributed by atoms with E-state index in [1.807, 2.05) is 6.92 Å². The number of hydrogen-bond donors (Lipinski definition) is 0. The van der Waals surface area contributed by atoms with E-state index < -0.39 is 20.8 Å². The van der Waals surface area contributed by atoms with Crippen LogP contribution >= 0.6 is 11.6 Å². The minimum Gasteiger partial charge on any atom is -0.358 e. The van der Waals surface area contributed by atoms with Gasteiger partial charge >= 0.3 is 10.1 Å². The summed E-state index contributed by atoms with van der Waals surface area (Å²) >= 11 is 6.11. The molecular weight excluding hydrogens is 458 g/mol. The highest BCUT2D eigenvalue weighted by molar-refractivity contribution is 7.87. The largest absolute Gasteiger partial charge is 0.358 e. The normalized spacial score (nSPS) is 11.2. The molecule has 2 aromatic carbocycles. The molecule has 3 rings (SSSR count). The van der Waals surface area contributed by atoms with Gasteiger partial charge in [-0.15, -0.1) is 6.58 Å². The molecular formula is C21H18ClN3O6S. The Bertz CT molecular complexity index is 1330. The fourth-order valence-electron chi connectivity index (χ4n) is 2.95. The fraction of sp³-hybridized carbons (Fsp3) is 0.143. The molecule has 0 unspecified atom stereocenters. The maximum Gasteiger partial charge on any atom is 0.340 e. The molecule has 11 heteroatoms. The van der Waals surface area contributed by atoms with Gasteiger partial charge < -0.3 is 4.18 Å². The molecule has 32 heavy (non-hydrogen) atoms. The average molecular weight is 476 g/mol. The van der Waals surface area contributed by atoms with Gasteiger partial charge in [0.1, 0.15) is 10.5 Å². The number of allylic oxidation sites excluding steroid dienone is 1. The Morgan fingerprint density at radius 3 is 2.47 bits per heavy atom. The standard InChI is InChI=1S/C21H18ClN3O6S/c1-4-11-24-21(31-32(29,30)16-8-5-13(2)6-9-16)19(14(3)23-24)20(26)17-10-7-15(25(27)28)12-18(17)22/h4-10,12H,1,11H2,2-3H3. The van der Waals surface area contributed by atoms with Crippen molar-refractivity contribution in [2.75, 3.05) is 0 Å². The van der Waals surface area contributed by atoms with Crippen LogP contribution in [0.25, 0.3) is 0 Å². The van der Waals surface area contributed by atoms with Gasteiger partial charge in [0.15, 0.2) is 0 Å². The monoisotopic (exact) mass is 475 g/mol. The van der Waals surface area contributed by atoms with Crippen LogP contribution in [0, 0.1) is 24.0 Å². The van der Waals surface area contributed by atoms with Crippen molar-refractivity contribution >= 4 is 33.2 Å². The highest BCUT2D eigenvalue weighted by Gasteiger charge is 2.30. The zero-order valence-electron chi connectivity index (χ0n) is 17.1. The summed E-state index contributed by atoms with van der Waals surface area (Å²) < 4.78 is 32.3. The van der Waals surface area contributed by atoms with Gasteiger partial charge in [-0.2, -0.15) is 13.5 Å². The third-order valence-corrected chi connectivity index (χ3v) is 6.06. The molecule has 3 aromatic rings. The zero-order valence-corrected chi connectivity index (χ0v) is 18.7. The van der Waals surface area contributed by atoms with Crippen molar-refractivity contribution in [2.45, 2.75) is 25.3 Å². The average Bonchev–Trinajstić information content (AvgIpc) is 3.02. The van der Waals surface area contributed by atoms with Crippen LogP contribution in [0.3, 0.4) is 0 Å². The van der Waals surface area contributed by atoms with E-state index in [4.69, 9.17) is 15.8 Å². The SMILES string of the molecule is C=CCn1nc(C)c(C(=O)c2ccc([N+](=O)[O-])cc2Cl)c1OS(=O)(=O)c1ccc(C)cc1. The second-order valence-corrected chi connectivity index (χ2v) is 8.79. The summed E-state index contributed by atoms with van der Waals surface area (Å²) in [4.78, 5) is 23.5. The minimum atomic E-state index is -4.29. The van der Waals surface area contributed by atoms with E-state index in [0.29, 0.717) is 0 Å². The molecule has 1 heterocycles. The minimum absolute atomic E-state index is 0.0592. The van der Waals surface area contributed by atoms with Crippen molar-refractivity contribution in [1.82, 2.24) is 9.78 Å². The lowest BCUT2D eigenvalue weighted by molar-refractivity contribution is -0.384. The summed E-state index contributed by atoms with van der Waals surface area (Å²) in [5.41, 5.74) is 0.582. The molecule has 0 spiro atoms. The number of carbonyl (C=O) groups is 1. The number of aromatic nitrogens is 2. The lowest BCUT2D eigenvalue weighted by Crippen LogP contribution is -2.15. The number of rotatable bonds is 8. The molecule has 0 amide bonds. The van der Waals surface area contributed by atoms with Crippen LogP contribution in [0.2, 0.25) is 5.02 Å². The fourth-order valence-corrected chi connectivity index (χ4v) is 4.15. The molecule has 0 saturated carbocycles. The molecule has 0 aliphatic carbocycles. The summed E-state index contributed by atoms with van der Waals surface area (Å²) in [7, 11) is -4.29. The van der Waals surface area contributed by atoms with E-state index in [0.717, 1.165) is 17.7 Å². The Morgan fingerprint density at radius 1 is 1.25 bits per heavy atom. The number of aryl methyl sites for hydroxylation is 2. The topological polar surface area (TPSA) is 121 Å². The molecule has 0 N–H and O–H groups in total. The van der Waals surface area contributed by atoms with Gasteiger partial charge in [0.2, 0.25) is 11.7 Å². The van der Waals surface area contributed by atoms with Crippen LogP contribution in [0.1, 0.15) is 27.2 Å². The first-order valence-corrected chi connectivity index (χ1v) is 11.0. The molecule has 9 nitrogen and oxygen atoms in total. The van der Waals surface area contributed by atoms with E-state index >= 15 is 0 Å². The molecule has 0 aliphatic heterocycles. The molecule has 0 atom stereocenters. The third-order valence-electron chi connectivity index (χ3n) is 4.52. The van der Waals surface area contributed by atoms with Crippen molar-refractivity contribution < 1.29 is 22.3 Å². The van der Waals surface area contributed by atoms with Gasteiger partial charge in [0, 0.05) is 17.7 Å². The van der Waals surface area contributed by atoms with Crippen LogP contribution in [0.5, 0.6) is 5.88 Å². The number of halogens is 1. The van der Waals surface area contributed by atoms with Gasteiger partial charge in [-0.3, -0.25) is 14.9 Å². The van der Waals surface area contributed by atoms with E-state index in [2.05, 4.69) is 11.7 Å². The van der Waals surface area contributed by atoms with Crippen molar-refractivity contribution in [3.63, 3.8) is 0 Å². The van der Waals surface area contributed by atoms with Crippen LogP contribution < -0.4 is 4.18 Å². The van der Waals surface area contributed by atoms with E-state index in [-0.39, 0.29) is 44.9 Å². The predicted octanol–water partition coefficient (Wildman–Crippen LogP) is 4.25. The third kappa shape index (κ3) is 4.56.